The molecule has 0 spiro atoms. The van der Waals surface area contributed by atoms with Crippen molar-refractivity contribution >= 4 is 114 Å². The number of likely N-dealkylation sites (tertiary alicyclic amines) is 3. The van der Waals surface area contributed by atoms with Gasteiger partial charge in [0, 0.05) is 39.3 Å². The van der Waals surface area contributed by atoms with E-state index in [1.165, 1.54) is 0 Å². The fourth-order valence-electron chi connectivity index (χ4n) is 2.65. The molecule has 3 aliphatic heterocycles. The normalized spacial score (nSPS) is 25.8. The third-order valence-corrected chi connectivity index (χ3v) is 5.72. The first-order valence-electron chi connectivity index (χ1n) is 8.40. The van der Waals surface area contributed by atoms with Gasteiger partial charge in [-0.1, -0.05) is 13.0 Å². The summed E-state index contributed by atoms with van der Waals surface area (Å²) >= 11 is 28.1. The Bertz CT molecular complexity index is 462. The number of rotatable bonds is 0. The number of nitrogens with zero attached hydrogens (tertiary/aromatic N) is 3. The van der Waals surface area contributed by atoms with Crippen LogP contribution in [-0.2, 0) is 37.9 Å². The van der Waals surface area contributed by atoms with Crippen LogP contribution in [0.5, 0.6) is 0 Å². The topological polar surface area (TPSA) is 9.72 Å². The van der Waals surface area contributed by atoms with Crippen LogP contribution in [0.25, 0.3) is 0 Å². The van der Waals surface area contributed by atoms with E-state index in [1.54, 1.807) is 14.7 Å². The summed E-state index contributed by atoms with van der Waals surface area (Å²) in [6, 6.07) is 0. The minimum absolute atomic E-state index is 0. The number of hydrogen-bond acceptors (Lipinski definition) is 6. The summed E-state index contributed by atoms with van der Waals surface area (Å²) in [6.45, 7) is 3.31. The van der Waals surface area contributed by atoms with Crippen molar-refractivity contribution in [1.29, 1.82) is 0 Å². The van der Waals surface area contributed by atoms with E-state index in [0.717, 1.165) is 0 Å². The third kappa shape index (κ3) is 11.4. The van der Waals surface area contributed by atoms with Crippen LogP contribution in [-0.4, -0.2) is 112 Å². The maximum Gasteiger partial charge on any atom is 3.00 e. The van der Waals surface area contributed by atoms with Crippen molar-refractivity contribution in [3.8, 4) is 0 Å². The zero-order valence-electron chi connectivity index (χ0n) is 15.0. The molecule has 0 aromatic rings. The zero-order chi connectivity index (χ0) is 20.6. The van der Waals surface area contributed by atoms with Crippen molar-refractivity contribution in [2.45, 2.75) is 37.8 Å². The van der Waals surface area contributed by atoms with Crippen molar-refractivity contribution in [2.24, 2.45) is 0 Å². The van der Waals surface area contributed by atoms with E-state index < -0.39 is 18.5 Å². The molecule has 0 aliphatic carbocycles. The van der Waals surface area contributed by atoms with Crippen molar-refractivity contribution in [3.63, 3.8) is 0 Å². The van der Waals surface area contributed by atoms with Gasteiger partial charge in [-0.05, 0) is 19.3 Å². The van der Waals surface area contributed by atoms with E-state index in [-0.39, 0.29) is 26.2 Å². The van der Waals surface area contributed by atoms with Gasteiger partial charge in [0.1, 0.15) is 18.5 Å². The molecular formula is C15H21BiF3N3S6. The molecule has 0 aromatic carbocycles. The minimum Gasteiger partial charge on any atom is -0.411 e. The van der Waals surface area contributed by atoms with E-state index in [2.05, 4.69) is 74.5 Å². The monoisotopic (exact) mass is 701 g/mol. The van der Waals surface area contributed by atoms with Crippen LogP contribution in [0.1, 0.15) is 19.3 Å². The number of alkyl halides is 3. The van der Waals surface area contributed by atoms with E-state index in [4.69, 9.17) is 0 Å². The molecule has 3 saturated heterocycles. The second-order valence-electron chi connectivity index (χ2n) is 6.29. The molecule has 13 heteroatoms. The largest absolute Gasteiger partial charge is 3.00 e. The van der Waals surface area contributed by atoms with E-state index in [0.29, 0.717) is 71.5 Å². The van der Waals surface area contributed by atoms with Crippen LogP contribution in [0.4, 0.5) is 13.2 Å². The molecule has 158 valence electrons. The fraction of sp³-hybridized carbons (Fsp3) is 0.800. The third-order valence-electron chi connectivity index (χ3n) is 4.17. The zero-order valence-corrected chi connectivity index (χ0v) is 23.3. The molecule has 0 bridgehead atoms. The minimum atomic E-state index is -0.717. The molecule has 0 unspecified atom stereocenters. The van der Waals surface area contributed by atoms with E-state index >= 15 is 0 Å². The van der Waals surface area contributed by atoms with Gasteiger partial charge in [0.15, 0.2) is 0 Å². The Balaban J connectivity index is 0.000000384. The summed E-state index contributed by atoms with van der Waals surface area (Å²) in [6.07, 6.45) is -0.410. The second kappa shape index (κ2) is 14.9. The van der Waals surface area contributed by atoms with Gasteiger partial charge >= 0.3 is 26.2 Å². The molecule has 0 aromatic heterocycles. The van der Waals surface area contributed by atoms with Gasteiger partial charge in [0.2, 0.25) is 0 Å². The Morgan fingerprint density at radius 1 is 0.607 bits per heavy atom. The van der Waals surface area contributed by atoms with Crippen molar-refractivity contribution in [2.75, 3.05) is 39.3 Å². The van der Waals surface area contributed by atoms with Gasteiger partial charge < -0.3 is 89.2 Å². The first-order chi connectivity index (χ1) is 12.6. The van der Waals surface area contributed by atoms with Crippen LogP contribution < -0.4 is 0 Å². The summed E-state index contributed by atoms with van der Waals surface area (Å²) in [4.78, 5) is 5.15. The molecule has 3 aliphatic rings. The Labute approximate surface area is 216 Å². The average Bonchev–Trinajstić information content (AvgIpc) is 3.30. The molecular weight excluding hydrogens is 681 g/mol. The quantitative estimate of drug-likeness (QED) is 0.212. The van der Waals surface area contributed by atoms with Crippen molar-refractivity contribution in [1.82, 2.24) is 14.7 Å². The fourth-order valence-corrected chi connectivity index (χ4v) is 3.65. The molecule has 3 heterocycles. The Kier molecular flexibility index (Phi) is 15.4. The van der Waals surface area contributed by atoms with Crippen LogP contribution in [0.3, 0.4) is 0 Å². The molecule has 3 nitrogen and oxygen atoms in total. The second-order valence-corrected chi connectivity index (χ2v) is 9.39. The van der Waals surface area contributed by atoms with Crippen molar-refractivity contribution in [3.05, 3.63) is 0 Å². The summed E-state index contributed by atoms with van der Waals surface area (Å²) < 4.78 is 38.4. The molecule has 2 radical (unpaired) electrons. The first-order valence-corrected chi connectivity index (χ1v) is 10.8. The summed E-state index contributed by atoms with van der Waals surface area (Å²) in [5.74, 6) is 0. The van der Waals surface area contributed by atoms with Gasteiger partial charge in [-0.2, -0.15) is 0 Å². The molecule has 3 atom stereocenters. The van der Waals surface area contributed by atoms with Gasteiger partial charge in [0.25, 0.3) is 0 Å². The Morgan fingerprint density at radius 3 is 0.893 bits per heavy atom. The Hall–Kier alpha value is 1.00. The van der Waals surface area contributed by atoms with Crippen LogP contribution in [0, 0.1) is 0 Å². The van der Waals surface area contributed by atoms with E-state index in [9.17, 15) is 13.2 Å². The smallest absolute Gasteiger partial charge is 0.411 e. The number of hydrogen-bond donors (Lipinski definition) is 0. The standard InChI is InChI=1S/3C5H8FNS2.Bi/c3*6-4-1-2-7(3-4)5(8)9;/h3*4H,1-3H2,(H,8,9);/q;;;+3/p-3/t3*4-;/m111./s1. The molecule has 0 N–H and O–H groups in total. The Morgan fingerprint density at radius 2 is 0.821 bits per heavy atom. The molecule has 3 rings (SSSR count). The number of thiocarbonyl (C=S) groups is 3. The molecule has 0 amide bonds. The summed E-state index contributed by atoms with van der Waals surface area (Å²) in [5.41, 5.74) is 0. The van der Waals surface area contributed by atoms with Crippen LogP contribution in [0.2, 0.25) is 0 Å². The predicted octanol–water partition coefficient (Wildman–Crippen LogP) is 2.21. The van der Waals surface area contributed by atoms with E-state index in [1.807, 2.05) is 0 Å². The SMILES string of the molecule is F[C@@H]1CCN(C(=S)[S-])C1.F[C@@H]1CCN(C(=S)[S-])C1.F[C@@H]1CCN(C(=S)[S-])C1.[Bi+3]. The number of halogens is 3. The van der Waals surface area contributed by atoms with Gasteiger partial charge in [-0.3, -0.25) is 0 Å². The average molecular weight is 702 g/mol. The van der Waals surface area contributed by atoms with Gasteiger partial charge in [-0.25, -0.2) is 13.2 Å². The van der Waals surface area contributed by atoms with Gasteiger partial charge in [0.05, 0.1) is 0 Å². The first kappa shape index (κ1) is 29.0. The maximum atomic E-state index is 12.4. The predicted molar refractivity (Wildman–Crippen MR) is 129 cm³/mol. The van der Waals surface area contributed by atoms with Crippen LogP contribution >= 0.6 is 36.7 Å². The maximum absolute atomic E-state index is 12.4. The van der Waals surface area contributed by atoms with Crippen molar-refractivity contribution < 1.29 is 13.2 Å². The molecule has 28 heavy (non-hydrogen) atoms. The summed E-state index contributed by atoms with van der Waals surface area (Å²) in [5, 5.41) is 0. The van der Waals surface area contributed by atoms with Crippen LogP contribution in [0.15, 0.2) is 0 Å². The van der Waals surface area contributed by atoms with Gasteiger partial charge in [-0.15, -0.1) is 0 Å². The molecule has 0 saturated carbocycles. The summed E-state index contributed by atoms with van der Waals surface area (Å²) in [7, 11) is 0. The molecule has 3 fully saturated rings.